The average Bonchev–Trinajstić information content (AvgIpc) is 2.43. The van der Waals surface area contributed by atoms with E-state index in [1.165, 1.54) is 0 Å². The number of carbonyl (C=O) groups excluding carboxylic acids is 1. The number of carbonyl (C=O) groups is 1. The first-order chi connectivity index (χ1) is 9.65. The number of aliphatic hydroxyl groups is 1. The van der Waals surface area contributed by atoms with Gasteiger partial charge in [-0.05, 0) is 37.5 Å². The minimum absolute atomic E-state index is 0.00611. The van der Waals surface area contributed by atoms with Crippen LogP contribution in [0.25, 0.3) is 0 Å². The molecule has 108 valence electrons. The maximum absolute atomic E-state index is 11.8. The second-order valence-corrected chi connectivity index (χ2v) is 4.61. The fourth-order valence-electron chi connectivity index (χ4n) is 1.84. The third-order valence-electron chi connectivity index (χ3n) is 2.77. The van der Waals surface area contributed by atoms with Gasteiger partial charge in [-0.2, -0.15) is 5.26 Å². The number of hydrogen-bond acceptors (Lipinski definition) is 4. The molecule has 5 heteroatoms. The lowest BCUT2D eigenvalue weighted by molar-refractivity contribution is -0.121. The summed E-state index contributed by atoms with van der Waals surface area (Å²) >= 11 is 0. The maximum Gasteiger partial charge on any atom is 0.224 e. The molecular formula is C15H20N2O3. The summed E-state index contributed by atoms with van der Waals surface area (Å²) in [6, 6.07) is 9.10. The lowest BCUT2D eigenvalue weighted by Gasteiger charge is -2.13. The van der Waals surface area contributed by atoms with Crippen molar-refractivity contribution in [3.8, 4) is 11.8 Å². The van der Waals surface area contributed by atoms with Crippen molar-refractivity contribution in [1.29, 1.82) is 5.26 Å². The molecule has 1 atom stereocenters. The first-order valence-electron chi connectivity index (χ1n) is 6.64. The normalized spacial score (nSPS) is 11.4. The van der Waals surface area contributed by atoms with Gasteiger partial charge in [0.2, 0.25) is 5.91 Å². The summed E-state index contributed by atoms with van der Waals surface area (Å²) in [6.07, 6.45) is 1.71. The minimum atomic E-state index is -0.0622. The van der Waals surface area contributed by atoms with Crippen molar-refractivity contribution in [2.75, 3.05) is 13.2 Å². The van der Waals surface area contributed by atoms with Crippen LogP contribution in [0.3, 0.4) is 0 Å². The molecule has 0 bridgehead atoms. The summed E-state index contributed by atoms with van der Waals surface area (Å²) in [4.78, 5) is 11.8. The van der Waals surface area contributed by atoms with Crippen molar-refractivity contribution >= 4 is 5.91 Å². The average molecular weight is 276 g/mol. The van der Waals surface area contributed by atoms with Crippen LogP contribution < -0.4 is 10.1 Å². The highest BCUT2D eigenvalue weighted by molar-refractivity contribution is 5.78. The summed E-state index contributed by atoms with van der Waals surface area (Å²) < 4.78 is 5.19. The summed E-state index contributed by atoms with van der Waals surface area (Å²) in [7, 11) is 0. The smallest absolute Gasteiger partial charge is 0.224 e. The fourth-order valence-corrected chi connectivity index (χ4v) is 1.84. The van der Waals surface area contributed by atoms with Crippen molar-refractivity contribution in [3.63, 3.8) is 0 Å². The number of nitrogens with one attached hydrogen (secondary N) is 1. The monoisotopic (exact) mass is 276 g/mol. The third-order valence-corrected chi connectivity index (χ3v) is 2.77. The van der Waals surface area contributed by atoms with Crippen LogP contribution >= 0.6 is 0 Å². The van der Waals surface area contributed by atoms with Gasteiger partial charge in [0.25, 0.3) is 0 Å². The van der Waals surface area contributed by atoms with Crippen molar-refractivity contribution in [1.82, 2.24) is 5.32 Å². The van der Waals surface area contributed by atoms with E-state index in [0.717, 1.165) is 12.0 Å². The van der Waals surface area contributed by atoms with Crippen LogP contribution in [0.2, 0.25) is 0 Å². The molecule has 1 rings (SSSR count). The Morgan fingerprint density at radius 1 is 1.55 bits per heavy atom. The molecule has 0 aliphatic rings. The molecule has 2 N–H and O–H groups in total. The Morgan fingerprint density at radius 3 is 3.05 bits per heavy atom. The standard InChI is InChI=1S/C15H20N2O3/c1-12(4-3-8-18)17-15(19)11-13-5-2-6-14(10-13)20-9-7-16/h2,5-6,10,12,18H,3-4,8-9,11H2,1H3,(H,17,19). The molecule has 1 aromatic rings. The molecule has 1 aromatic carbocycles. The predicted octanol–water partition coefficient (Wildman–Crippen LogP) is 1.41. The number of nitrogens with zero attached hydrogens (tertiary/aromatic N) is 1. The molecule has 5 nitrogen and oxygen atoms in total. The lowest BCUT2D eigenvalue weighted by Crippen LogP contribution is -2.33. The van der Waals surface area contributed by atoms with Gasteiger partial charge >= 0.3 is 0 Å². The molecular weight excluding hydrogens is 256 g/mol. The van der Waals surface area contributed by atoms with Crippen molar-refractivity contribution in [3.05, 3.63) is 29.8 Å². The molecule has 0 heterocycles. The van der Waals surface area contributed by atoms with Gasteiger partial charge in [-0.1, -0.05) is 12.1 Å². The Hall–Kier alpha value is -2.06. The van der Waals surface area contributed by atoms with E-state index in [9.17, 15) is 4.79 Å². The van der Waals surface area contributed by atoms with Crippen LogP contribution in [0.5, 0.6) is 5.75 Å². The third kappa shape index (κ3) is 6.21. The minimum Gasteiger partial charge on any atom is -0.479 e. The van der Waals surface area contributed by atoms with E-state index in [1.807, 2.05) is 19.1 Å². The molecule has 1 amide bonds. The van der Waals surface area contributed by atoms with Gasteiger partial charge in [0, 0.05) is 12.6 Å². The summed E-state index contributed by atoms with van der Waals surface area (Å²) in [5.74, 6) is 0.526. The zero-order chi connectivity index (χ0) is 14.8. The first-order valence-corrected chi connectivity index (χ1v) is 6.64. The molecule has 1 unspecified atom stereocenters. The molecule has 0 aromatic heterocycles. The molecule has 20 heavy (non-hydrogen) atoms. The molecule has 0 saturated heterocycles. The Balaban J connectivity index is 2.47. The van der Waals surface area contributed by atoms with Gasteiger partial charge in [-0.3, -0.25) is 4.79 Å². The van der Waals surface area contributed by atoms with Crippen molar-refractivity contribution in [2.45, 2.75) is 32.2 Å². The second kappa shape index (κ2) is 8.94. The largest absolute Gasteiger partial charge is 0.479 e. The number of hydrogen-bond donors (Lipinski definition) is 2. The van der Waals surface area contributed by atoms with Gasteiger partial charge in [0.1, 0.15) is 11.8 Å². The van der Waals surface area contributed by atoms with Gasteiger partial charge in [-0.25, -0.2) is 0 Å². The first kappa shape index (κ1) is 16.0. The highest BCUT2D eigenvalue weighted by Crippen LogP contribution is 2.13. The number of aliphatic hydroxyl groups excluding tert-OH is 1. The van der Waals surface area contributed by atoms with Gasteiger partial charge in [0.15, 0.2) is 6.61 Å². The highest BCUT2D eigenvalue weighted by atomic mass is 16.5. The van der Waals surface area contributed by atoms with Crippen LogP contribution in [0, 0.1) is 11.3 Å². The van der Waals surface area contributed by atoms with Gasteiger partial charge in [-0.15, -0.1) is 0 Å². The number of ether oxygens (including phenoxy) is 1. The van der Waals surface area contributed by atoms with E-state index >= 15 is 0 Å². The van der Waals surface area contributed by atoms with E-state index in [1.54, 1.807) is 18.2 Å². The number of nitriles is 1. The Bertz CT molecular complexity index is 468. The van der Waals surface area contributed by atoms with Crippen LogP contribution in [-0.4, -0.2) is 30.3 Å². The fraction of sp³-hybridized carbons (Fsp3) is 0.467. The molecule has 0 fully saturated rings. The number of benzene rings is 1. The second-order valence-electron chi connectivity index (χ2n) is 4.61. The maximum atomic E-state index is 11.8. The summed E-state index contributed by atoms with van der Waals surface area (Å²) in [5, 5.41) is 20.1. The zero-order valence-electron chi connectivity index (χ0n) is 11.6. The zero-order valence-corrected chi connectivity index (χ0v) is 11.6. The Labute approximate surface area is 119 Å². The topological polar surface area (TPSA) is 82.3 Å². The molecule has 0 saturated carbocycles. The highest BCUT2D eigenvalue weighted by Gasteiger charge is 2.08. The van der Waals surface area contributed by atoms with Gasteiger partial charge in [0.05, 0.1) is 6.42 Å². The molecule has 0 radical (unpaired) electrons. The Morgan fingerprint density at radius 2 is 2.35 bits per heavy atom. The van der Waals surface area contributed by atoms with Gasteiger partial charge < -0.3 is 15.2 Å². The lowest BCUT2D eigenvalue weighted by atomic mass is 10.1. The van der Waals surface area contributed by atoms with E-state index in [0.29, 0.717) is 12.2 Å². The quantitative estimate of drug-likeness (QED) is 0.752. The molecule has 0 aliphatic heterocycles. The molecule has 0 aliphatic carbocycles. The Kier molecular flexibility index (Phi) is 7.15. The van der Waals surface area contributed by atoms with E-state index in [4.69, 9.17) is 15.1 Å². The number of rotatable bonds is 8. The predicted molar refractivity (Wildman–Crippen MR) is 75.2 cm³/mol. The summed E-state index contributed by atoms with van der Waals surface area (Å²) in [6.45, 7) is 2.05. The summed E-state index contributed by atoms with van der Waals surface area (Å²) in [5.41, 5.74) is 0.840. The number of amides is 1. The van der Waals surface area contributed by atoms with E-state index in [2.05, 4.69) is 5.32 Å². The SMILES string of the molecule is CC(CCCO)NC(=O)Cc1cccc(OCC#N)c1. The van der Waals surface area contributed by atoms with Crippen molar-refractivity contribution < 1.29 is 14.6 Å². The van der Waals surface area contributed by atoms with Crippen LogP contribution in [-0.2, 0) is 11.2 Å². The van der Waals surface area contributed by atoms with Crippen LogP contribution in [0.4, 0.5) is 0 Å². The van der Waals surface area contributed by atoms with E-state index in [-0.39, 0.29) is 31.6 Å². The van der Waals surface area contributed by atoms with Crippen molar-refractivity contribution in [2.24, 2.45) is 0 Å². The van der Waals surface area contributed by atoms with Crippen LogP contribution in [0.1, 0.15) is 25.3 Å². The van der Waals surface area contributed by atoms with Crippen LogP contribution in [0.15, 0.2) is 24.3 Å². The van der Waals surface area contributed by atoms with E-state index < -0.39 is 0 Å². The molecule has 0 spiro atoms.